The van der Waals surface area contributed by atoms with Crippen LogP contribution in [0.15, 0.2) is 28.7 Å². The molecule has 5 heteroatoms. The average molecular weight is 362 g/mol. The Bertz CT molecular complexity index is 479. The van der Waals surface area contributed by atoms with Crippen LogP contribution in [0.3, 0.4) is 0 Å². The number of carboxylic acids is 1. The number of alkyl halides is 1. The SMILES string of the molecule is CC(Br)C(=O)c1cc(Br)cc(/C=C/C(=O)O)c1. The lowest BCUT2D eigenvalue weighted by Gasteiger charge is -2.05. The molecule has 0 saturated carbocycles. The van der Waals surface area contributed by atoms with Gasteiger partial charge >= 0.3 is 5.97 Å². The molecular weight excluding hydrogens is 352 g/mol. The van der Waals surface area contributed by atoms with Gasteiger partial charge in [-0.15, -0.1) is 0 Å². The number of hydrogen-bond acceptors (Lipinski definition) is 2. The fourth-order valence-electron chi connectivity index (χ4n) is 1.25. The van der Waals surface area contributed by atoms with E-state index in [1.807, 2.05) is 0 Å². The number of halogens is 2. The minimum atomic E-state index is -1.02. The largest absolute Gasteiger partial charge is 0.478 e. The van der Waals surface area contributed by atoms with E-state index in [0.29, 0.717) is 11.1 Å². The van der Waals surface area contributed by atoms with E-state index in [-0.39, 0.29) is 10.6 Å². The summed E-state index contributed by atoms with van der Waals surface area (Å²) in [5.74, 6) is -1.07. The van der Waals surface area contributed by atoms with Crippen LogP contribution in [0.2, 0.25) is 0 Å². The highest BCUT2D eigenvalue weighted by Gasteiger charge is 2.12. The van der Waals surface area contributed by atoms with Gasteiger partial charge in [0.1, 0.15) is 0 Å². The normalized spacial score (nSPS) is 12.6. The summed E-state index contributed by atoms with van der Waals surface area (Å²) in [6, 6.07) is 5.11. The molecule has 1 aromatic carbocycles. The lowest BCUT2D eigenvalue weighted by Crippen LogP contribution is -2.10. The third kappa shape index (κ3) is 4.44. The van der Waals surface area contributed by atoms with Crippen molar-refractivity contribution in [2.24, 2.45) is 0 Å². The minimum Gasteiger partial charge on any atom is -0.478 e. The van der Waals surface area contributed by atoms with Gasteiger partial charge in [-0.3, -0.25) is 4.79 Å². The monoisotopic (exact) mass is 360 g/mol. The summed E-state index contributed by atoms with van der Waals surface area (Å²) in [5.41, 5.74) is 1.20. The molecule has 0 saturated heterocycles. The Morgan fingerprint density at radius 1 is 1.35 bits per heavy atom. The summed E-state index contributed by atoms with van der Waals surface area (Å²) in [6.45, 7) is 1.75. The van der Waals surface area contributed by atoms with E-state index in [9.17, 15) is 9.59 Å². The molecule has 0 aliphatic rings. The van der Waals surface area contributed by atoms with Gasteiger partial charge in [0.05, 0.1) is 4.83 Å². The van der Waals surface area contributed by atoms with E-state index >= 15 is 0 Å². The van der Waals surface area contributed by atoms with Crippen LogP contribution in [0.4, 0.5) is 0 Å². The van der Waals surface area contributed by atoms with Crippen molar-refractivity contribution in [2.75, 3.05) is 0 Å². The standard InChI is InChI=1S/C12H10Br2O3/c1-7(13)12(17)9-4-8(2-3-11(15)16)5-10(14)6-9/h2-7H,1H3,(H,15,16)/b3-2+. The van der Waals surface area contributed by atoms with Crippen molar-refractivity contribution in [1.29, 1.82) is 0 Å². The Kier molecular flexibility index (Phi) is 5.08. The highest BCUT2D eigenvalue weighted by atomic mass is 79.9. The van der Waals surface area contributed by atoms with Crippen LogP contribution in [0.25, 0.3) is 6.08 Å². The number of benzene rings is 1. The minimum absolute atomic E-state index is 0.0451. The number of carboxylic acid groups (broad SMARTS) is 1. The van der Waals surface area contributed by atoms with E-state index in [4.69, 9.17) is 5.11 Å². The molecule has 90 valence electrons. The van der Waals surface area contributed by atoms with Gasteiger partial charge in [0.25, 0.3) is 0 Å². The molecule has 1 atom stereocenters. The maximum Gasteiger partial charge on any atom is 0.328 e. The van der Waals surface area contributed by atoms with E-state index in [1.165, 1.54) is 6.08 Å². The highest BCUT2D eigenvalue weighted by Crippen LogP contribution is 2.19. The van der Waals surface area contributed by atoms with Crippen molar-refractivity contribution < 1.29 is 14.7 Å². The van der Waals surface area contributed by atoms with Crippen molar-refractivity contribution in [3.05, 3.63) is 39.9 Å². The van der Waals surface area contributed by atoms with Gasteiger partial charge in [-0.05, 0) is 36.8 Å². The molecule has 0 spiro atoms. The summed E-state index contributed by atoms with van der Waals surface area (Å²) in [7, 11) is 0. The zero-order valence-corrected chi connectivity index (χ0v) is 12.2. The molecule has 0 aromatic heterocycles. The second kappa shape index (κ2) is 6.12. The molecular formula is C12H10Br2O3. The van der Waals surface area contributed by atoms with Crippen LogP contribution in [-0.2, 0) is 4.79 Å². The molecule has 0 heterocycles. The number of hydrogen-bond donors (Lipinski definition) is 1. The van der Waals surface area contributed by atoms with Crippen LogP contribution in [0.1, 0.15) is 22.8 Å². The predicted octanol–water partition coefficient (Wildman–Crippen LogP) is 3.51. The molecule has 3 nitrogen and oxygen atoms in total. The molecule has 1 rings (SSSR count). The van der Waals surface area contributed by atoms with Crippen molar-refractivity contribution in [2.45, 2.75) is 11.8 Å². The zero-order valence-electron chi connectivity index (χ0n) is 8.98. The lowest BCUT2D eigenvalue weighted by molar-refractivity contribution is -0.131. The maximum absolute atomic E-state index is 11.8. The Labute approximate surface area is 116 Å². The van der Waals surface area contributed by atoms with Crippen LogP contribution in [-0.4, -0.2) is 21.7 Å². The van der Waals surface area contributed by atoms with Gasteiger partial charge in [0, 0.05) is 16.1 Å². The first kappa shape index (κ1) is 14.1. The number of rotatable bonds is 4. The second-order valence-electron chi connectivity index (χ2n) is 3.43. The van der Waals surface area contributed by atoms with Gasteiger partial charge in [0.15, 0.2) is 5.78 Å². The quantitative estimate of drug-likeness (QED) is 0.507. The molecule has 0 amide bonds. The second-order valence-corrected chi connectivity index (χ2v) is 5.71. The van der Waals surface area contributed by atoms with Gasteiger partial charge in [-0.2, -0.15) is 0 Å². The molecule has 1 aromatic rings. The maximum atomic E-state index is 11.8. The average Bonchev–Trinajstić information content (AvgIpc) is 2.24. The van der Waals surface area contributed by atoms with E-state index in [2.05, 4.69) is 31.9 Å². The summed E-state index contributed by atoms with van der Waals surface area (Å²) < 4.78 is 0.738. The molecule has 0 aliphatic carbocycles. The summed E-state index contributed by atoms with van der Waals surface area (Å²) >= 11 is 6.50. The smallest absolute Gasteiger partial charge is 0.328 e. The van der Waals surface area contributed by atoms with Crippen LogP contribution in [0.5, 0.6) is 0 Å². The molecule has 17 heavy (non-hydrogen) atoms. The number of ketones is 1. The van der Waals surface area contributed by atoms with Gasteiger partial charge in [0.2, 0.25) is 0 Å². The van der Waals surface area contributed by atoms with Gasteiger partial charge in [-0.25, -0.2) is 4.79 Å². The first-order chi connectivity index (χ1) is 7.90. The molecule has 0 bridgehead atoms. The summed E-state index contributed by atoms with van der Waals surface area (Å²) in [5, 5.41) is 8.54. The Hall–Kier alpha value is -0.940. The van der Waals surface area contributed by atoms with Gasteiger partial charge in [-0.1, -0.05) is 31.9 Å². The Morgan fingerprint density at radius 2 is 2.00 bits per heavy atom. The molecule has 0 fully saturated rings. The fourth-order valence-corrected chi connectivity index (χ4v) is 2.02. The van der Waals surface area contributed by atoms with Crippen LogP contribution < -0.4 is 0 Å². The van der Waals surface area contributed by atoms with Gasteiger partial charge < -0.3 is 5.11 Å². The van der Waals surface area contributed by atoms with E-state index < -0.39 is 5.97 Å². The molecule has 0 radical (unpaired) electrons. The summed E-state index contributed by atoms with van der Waals surface area (Å²) in [4.78, 5) is 21.9. The highest BCUT2D eigenvalue weighted by molar-refractivity contribution is 9.10. The fraction of sp³-hybridized carbons (Fsp3) is 0.167. The molecule has 1 unspecified atom stereocenters. The van der Waals surface area contributed by atoms with Crippen molar-refractivity contribution in [3.63, 3.8) is 0 Å². The van der Waals surface area contributed by atoms with Crippen molar-refractivity contribution in [3.8, 4) is 0 Å². The number of aliphatic carboxylic acids is 1. The first-order valence-electron chi connectivity index (χ1n) is 4.80. The molecule has 0 aliphatic heterocycles. The topological polar surface area (TPSA) is 54.4 Å². The number of Topliss-reactive ketones (excluding diaryl/α,β-unsaturated/α-hetero) is 1. The molecule has 1 N–H and O–H groups in total. The van der Waals surface area contributed by atoms with E-state index in [0.717, 1.165) is 10.5 Å². The number of carbonyl (C=O) groups is 2. The van der Waals surface area contributed by atoms with Crippen LogP contribution in [0, 0.1) is 0 Å². The first-order valence-corrected chi connectivity index (χ1v) is 6.51. The zero-order chi connectivity index (χ0) is 13.0. The Morgan fingerprint density at radius 3 is 2.53 bits per heavy atom. The van der Waals surface area contributed by atoms with Crippen molar-refractivity contribution >= 4 is 49.7 Å². The number of carbonyl (C=O) groups excluding carboxylic acids is 1. The van der Waals surface area contributed by atoms with E-state index in [1.54, 1.807) is 25.1 Å². The Balaban J connectivity index is 3.10. The lowest BCUT2D eigenvalue weighted by atomic mass is 10.1. The van der Waals surface area contributed by atoms with Crippen molar-refractivity contribution in [1.82, 2.24) is 0 Å². The third-order valence-electron chi connectivity index (χ3n) is 1.98. The summed E-state index contributed by atoms with van der Waals surface area (Å²) in [6.07, 6.45) is 2.48. The third-order valence-corrected chi connectivity index (χ3v) is 2.86. The predicted molar refractivity (Wildman–Crippen MR) is 73.5 cm³/mol. The van der Waals surface area contributed by atoms with Crippen LogP contribution >= 0.6 is 31.9 Å².